The zero-order chi connectivity index (χ0) is 15.1. The van der Waals surface area contributed by atoms with Gasteiger partial charge in [0.15, 0.2) is 6.33 Å². The average Bonchev–Trinajstić information content (AvgIpc) is 2.99. The number of aromatic nitrogens is 2. The van der Waals surface area contributed by atoms with Crippen molar-refractivity contribution in [3.8, 4) is 0 Å². The van der Waals surface area contributed by atoms with E-state index in [1.165, 1.54) is 6.33 Å². The number of carboxylic acids is 1. The summed E-state index contributed by atoms with van der Waals surface area (Å²) in [5, 5.41) is 18.2. The molecule has 1 aliphatic rings. The molecule has 1 heterocycles. The summed E-state index contributed by atoms with van der Waals surface area (Å²) >= 11 is 0. The van der Waals surface area contributed by atoms with Gasteiger partial charge in [-0.05, 0) is 12.8 Å². The molecule has 0 spiro atoms. The van der Waals surface area contributed by atoms with Gasteiger partial charge in [0.1, 0.15) is 0 Å². The molecule has 1 aromatic rings. The molecule has 0 aliphatic heterocycles. The van der Waals surface area contributed by atoms with Crippen LogP contribution in [0, 0.1) is 5.41 Å². The lowest BCUT2D eigenvalue weighted by molar-refractivity contribution is -0.150. The Bertz CT molecular complexity index is 469. The first-order chi connectivity index (χ1) is 10.1. The van der Waals surface area contributed by atoms with Gasteiger partial charge in [-0.1, -0.05) is 24.4 Å². The van der Waals surface area contributed by atoms with Gasteiger partial charge >= 0.3 is 12.0 Å². The number of carbonyl (C=O) groups excluding carboxylic acids is 1. The molecule has 2 amide bonds. The van der Waals surface area contributed by atoms with Gasteiger partial charge in [0.25, 0.3) is 0 Å². The number of carbonyl (C=O) groups is 2. The molecule has 0 unspecified atom stereocenters. The second-order valence-electron chi connectivity index (χ2n) is 5.34. The molecule has 21 heavy (non-hydrogen) atoms. The van der Waals surface area contributed by atoms with Crippen molar-refractivity contribution in [2.75, 3.05) is 13.1 Å². The van der Waals surface area contributed by atoms with Gasteiger partial charge < -0.3 is 20.3 Å². The Morgan fingerprint density at radius 3 is 2.67 bits per heavy atom. The van der Waals surface area contributed by atoms with Crippen molar-refractivity contribution >= 4 is 12.0 Å². The molecule has 0 saturated heterocycles. The maximum Gasteiger partial charge on any atom is 0.314 e. The van der Waals surface area contributed by atoms with E-state index in [0.29, 0.717) is 31.7 Å². The third kappa shape index (κ3) is 4.17. The minimum absolute atomic E-state index is 0.161. The van der Waals surface area contributed by atoms with Crippen molar-refractivity contribution in [3.05, 3.63) is 12.2 Å². The zero-order valence-electron chi connectivity index (χ0n) is 11.8. The number of urea groups is 1. The summed E-state index contributed by atoms with van der Waals surface area (Å²) in [6, 6.07) is -0.374. The maximum atomic E-state index is 11.7. The summed E-state index contributed by atoms with van der Waals surface area (Å²) in [7, 11) is 0. The lowest BCUT2D eigenvalue weighted by Crippen LogP contribution is -2.47. The minimum Gasteiger partial charge on any atom is -0.481 e. The monoisotopic (exact) mass is 296 g/mol. The van der Waals surface area contributed by atoms with Crippen molar-refractivity contribution in [1.29, 1.82) is 0 Å². The normalized spacial score (nSPS) is 17.1. The second kappa shape index (κ2) is 7.05. The number of amides is 2. The molecule has 0 radical (unpaired) electrons. The van der Waals surface area contributed by atoms with Gasteiger partial charge in [-0.2, -0.15) is 4.98 Å². The molecule has 8 heteroatoms. The van der Waals surface area contributed by atoms with E-state index >= 15 is 0 Å². The van der Waals surface area contributed by atoms with E-state index in [1.807, 2.05) is 0 Å². The molecule has 2 rings (SSSR count). The predicted octanol–water partition coefficient (Wildman–Crippen LogP) is 0.946. The van der Waals surface area contributed by atoms with Crippen molar-refractivity contribution in [1.82, 2.24) is 20.8 Å². The molecule has 116 valence electrons. The summed E-state index contributed by atoms with van der Waals surface area (Å²) < 4.78 is 4.81. The quantitative estimate of drug-likeness (QED) is 0.719. The van der Waals surface area contributed by atoms with E-state index in [-0.39, 0.29) is 12.6 Å². The summed E-state index contributed by atoms with van der Waals surface area (Å²) in [6.07, 6.45) is 5.83. The Hall–Kier alpha value is -2.12. The molecule has 0 aromatic carbocycles. The zero-order valence-corrected chi connectivity index (χ0v) is 11.8. The number of carboxylic acid groups (broad SMARTS) is 1. The molecule has 1 saturated carbocycles. The number of hydrogen-bond acceptors (Lipinski definition) is 5. The van der Waals surface area contributed by atoms with Gasteiger partial charge in [0, 0.05) is 19.5 Å². The van der Waals surface area contributed by atoms with Crippen LogP contribution in [0.15, 0.2) is 10.9 Å². The standard InChI is InChI=1S/C13H20N4O4/c18-11(19)13(5-2-1-3-6-13)8-15-12(20)14-7-4-10-16-9-17-21-10/h9H,1-8H2,(H,18,19)(H2,14,15,20). The molecule has 0 bridgehead atoms. The number of nitrogens with zero attached hydrogens (tertiary/aromatic N) is 2. The van der Waals surface area contributed by atoms with E-state index in [0.717, 1.165) is 19.3 Å². The number of nitrogens with one attached hydrogen (secondary N) is 2. The maximum absolute atomic E-state index is 11.7. The first-order valence-electron chi connectivity index (χ1n) is 7.13. The topological polar surface area (TPSA) is 117 Å². The molecule has 0 atom stereocenters. The highest BCUT2D eigenvalue weighted by Gasteiger charge is 2.39. The van der Waals surface area contributed by atoms with Gasteiger partial charge in [0.05, 0.1) is 5.41 Å². The van der Waals surface area contributed by atoms with Crippen molar-refractivity contribution in [3.63, 3.8) is 0 Å². The van der Waals surface area contributed by atoms with Crippen LogP contribution in [0.25, 0.3) is 0 Å². The first-order valence-corrected chi connectivity index (χ1v) is 7.13. The van der Waals surface area contributed by atoms with E-state index in [1.54, 1.807) is 0 Å². The fourth-order valence-corrected chi connectivity index (χ4v) is 2.60. The largest absolute Gasteiger partial charge is 0.481 e. The number of rotatable bonds is 6. The SMILES string of the molecule is O=C(NCCc1ncno1)NCC1(C(=O)O)CCCCC1. The Kier molecular flexibility index (Phi) is 5.13. The lowest BCUT2D eigenvalue weighted by Gasteiger charge is -2.33. The number of hydrogen-bond donors (Lipinski definition) is 3. The van der Waals surface area contributed by atoms with Gasteiger partial charge in [0.2, 0.25) is 5.89 Å². The molecule has 3 N–H and O–H groups in total. The molecule has 1 fully saturated rings. The third-order valence-corrected chi connectivity index (χ3v) is 3.88. The fourth-order valence-electron chi connectivity index (χ4n) is 2.60. The molecule has 8 nitrogen and oxygen atoms in total. The van der Waals surface area contributed by atoms with Gasteiger partial charge in [-0.3, -0.25) is 4.79 Å². The Morgan fingerprint density at radius 2 is 2.05 bits per heavy atom. The summed E-state index contributed by atoms with van der Waals surface area (Å²) in [5.74, 6) is -0.377. The molecular weight excluding hydrogens is 276 g/mol. The Labute approximate surface area is 122 Å². The van der Waals surface area contributed by atoms with Crippen LogP contribution in [0.5, 0.6) is 0 Å². The van der Waals surface area contributed by atoms with Crippen LogP contribution in [0.1, 0.15) is 38.0 Å². The minimum atomic E-state index is -0.826. The summed E-state index contributed by atoms with van der Waals surface area (Å²) in [6.45, 7) is 0.517. The van der Waals surface area contributed by atoms with Crippen molar-refractivity contribution < 1.29 is 19.2 Å². The average molecular weight is 296 g/mol. The Balaban J connectivity index is 1.72. The lowest BCUT2D eigenvalue weighted by atomic mass is 9.74. The number of aliphatic carboxylic acids is 1. The molecule has 1 aliphatic carbocycles. The smallest absolute Gasteiger partial charge is 0.314 e. The second-order valence-corrected chi connectivity index (χ2v) is 5.34. The van der Waals surface area contributed by atoms with E-state index < -0.39 is 11.4 Å². The van der Waals surface area contributed by atoms with Crippen molar-refractivity contribution in [2.24, 2.45) is 5.41 Å². The molecular formula is C13H20N4O4. The highest BCUT2D eigenvalue weighted by molar-refractivity contribution is 5.78. The summed E-state index contributed by atoms with van der Waals surface area (Å²) in [4.78, 5) is 27.0. The van der Waals surface area contributed by atoms with E-state index in [4.69, 9.17) is 4.52 Å². The van der Waals surface area contributed by atoms with Crippen LogP contribution in [0.2, 0.25) is 0 Å². The fraction of sp³-hybridized carbons (Fsp3) is 0.692. The highest BCUT2D eigenvalue weighted by Crippen LogP contribution is 2.35. The van der Waals surface area contributed by atoms with Gasteiger partial charge in [-0.15, -0.1) is 0 Å². The first kappa shape index (κ1) is 15.3. The van der Waals surface area contributed by atoms with Crippen LogP contribution >= 0.6 is 0 Å². The van der Waals surface area contributed by atoms with Crippen molar-refractivity contribution in [2.45, 2.75) is 38.5 Å². The van der Waals surface area contributed by atoms with Crippen LogP contribution in [-0.2, 0) is 11.2 Å². The predicted molar refractivity (Wildman–Crippen MR) is 72.6 cm³/mol. The highest BCUT2D eigenvalue weighted by atomic mass is 16.5. The van der Waals surface area contributed by atoms with Crippen LogP contribution in [0.3, 0.4) is 0 Å². The third-order valence-electron chi connectivity index (χ3n) is 3.88. The summed E-state index contributed by atoms with van der Waals surface area (Å²) in [5.41, 5.74) is -0.817. The van der Waals surface area contributed by atoms with Gasteiger partial charge in [-0.25, -0.2) is 4.79 Å². The molecule has 1 aromatic heterocycles. The van der Waals surface area contributed by atoms with Crippen LogP contribution in [-0.4, -0.2) is 40.3 Å². The van der Waals surface area contributed by atoms with Crippen LogP contribution < -0.4 is 10.6 Å². The van der Waals surface area contributed by atoms with E-state index in [9.17, 15) is 14.7 Å². The Morgan fingerprint density at radius 1 is 1.29 bits per heavy atom. The van der Waals surface area contributed by atoms with Crippen LogP contribution in [0.4, 0.5) is 4.79 Å². The van der Waals surface area contributed by atoms with E-state index in [2.05, 4.69) is 20.8 Å².